The maximum absolute atomic E-state index is 10.6. The number of nitrogens with two attached hydrogens (primary N) is 1. The Morgan fingerprint density at radius 1 is 1.42 bits per heavy atom. The van der Waals surface area contributed by atoms with Crippen molar-refractivity contribution in [2.75, 3.05) is 25.6 Å². The highest BCUT2D eigenvalue weighted by Crippen LogP contribution is 2.18. The molecule has 0 radical (unpaired) electrons. The van der Waals surface area contributed by atoms with E-state index in [4.69, 9.17) is 15.2 Å². The molecular formula is C14H22N2O3. The number of nitrogens with one attached hydrogen (secondary N) is 1. The molecule has 0 saturated carbocycles. The second-order valence-corrected chi connectivity index (χ2v) is 4.92. The number of anilines is 1. The first-order chi connectivity index (χ1) is 8.93. The summed E-state index contributed by atoms with van der Waals surface area (Å²) in [6, 6.07) is 7.42. The minimum Gasteiger partial charge on any atom is -0.484 e. The van der Waals surface area contributed by atoms with Gasteiger partial charge in [-0.15, -0.1) is 0 Å². The number of rotatable bonds is 8. The van der Waals surface area contributed by atoms with E-state index in [9.17, 15) is 4.79 Å². The summed E-state index contributed by atoms with van der Waals surface area (Å²) in [5, 5.41) is 3.29. The minimum atomic E-state index is -0.486. The molecule has 5 nitrogen and oxygen atoms in total. The summed E-state index contributed by atoms with van der Waals surface area (Å²) >= 11 is 0. The van der Waals surface area contributed by atoms with Crippen LogP contribution in [0.3, 0.4) is 0 Å². The SMILES string of the molecule is COC(C)(C)CCNc1cccc(OCC(N)=O)c1. The molecule has 0 atom stereocenters. The second kappa shape index (κ2) is 6.99. The van der Waals surface area contributed by atoms with Crippen LogP contribution in [0.15, 0.2) is 24.3 Å². The van der Waals surface area contributed by atoms with Crippen molar-refractivity contribution in [2.24, 2.45) is 5.73 Å². The smallest absolute Gasteiger partial charge is 0.255 e. The molecule has 106 valence electrons. The van der Waals surface area contributed by atoms with Crippen molar-refractivity contribution < 1.29 is 14.3 Å². The summed E-state index contributed by atoms with van der Waals surface area (Å²) in [6.07, 6.45) is 0.885. The summed E-state index contributed by atoms with van der Waals surface area (Å²) < 4.78 is 10.6. The van der Waals surface area contributed by atoms with Crippen LogP contribution in [0.4, 0.5) is 5.69 Å². The Hall–Kier alpha value is -1.75. The highest BCUT2D eigenvalue weighted by atomic mass is 16.5. The number of methoxy groups -OCH3 is 1. The molecule has 1 aromatic rings. The average molecular weight is 266 g/mol. The molecule has 0 bridgehead atoms. The van der Waals surface area contributed by atoms with Gasteiger partial charge < -0.3 is 20.5 Å². The van der Waals surface area contributed by atoms with E-state index in [0.29, 0.717) is 5.75 Å². The predicted octanol–water partition coefficient (Wildman–Crippen LogP) is 1.78. The molecule has 0 aromatic heterocycles. The van der Waals surface area contributed by atoms with E-state index >= 15 is 0 Å². The number of primary amides is 1. The van der Waals surface area contributed by atoms with Gasteiger partial charge in [-0.1, -0.05) is 6.07 Å². The fourth-order valence-corrected chi connectivity index (χ4v) is 1.46. The molecule has 3 N–H and O–H groups in total. The van der Waals surface area contributed by atoms with Crippen molar-refractivity contribution in [2.45, 2.75) is 25.9 Å². The first kappa shape index (κ1) is 15.3. The first-order valence-electron chi connectivity index (χ1n) is 6.23. The van der Waals surface area contributed by atoms with Crippen LogP contribution in [-0.4, -0.2) is 31.8 Å². The second-order valence-electron chi connectivity index (χ2n) is 4.92. The molecule has 0 aliphatic heterocycles. The molecule has 0 fully saturated rings. The number of carbonyl (C=O) groups is 1. The molecular weight excluding hydrogens is 244 g/mol. The molecule has 0 saturated heterocycles. The van der Waals surface area contributed by atoms with E-state index in [0.717, 1.165) is 18.7 Å². The number of ether oxygens (including phenoxy) is 2. The number of hydrogen-bond donors (Lipinski definition) is 2. The Bertz CT molecular complexity index is 419. The zero-order chi connectivity index (χ0) is 14.3. The summed E-state index contributed by atoms with van der Waals surface area (Å²) in [5.74, 6) is 0.134. The normalized spacial score (nSPS) is 11.1. The van der Waals surface area contributed by atoms with Crippen LogP contribution < -0.4 is 15.8 Å². The lowest BCUT2D eigenvalue weighted by Crippen LogP contribution is -2.25. The van der Waals surface area contributed by atoms with Crippen LogP contribution in [-0.2, 0) is 9.53 Å². The molecule has 19 heavy (non-hydrogen) atoms. The zero-order valence-corrected chi connectivity index (χ0v) is 11.7. The van der Waals surface area contributed by atoms with Crippen molar-refractivity contribution in [1.29, 1.82) is 0 Å². The van der Waals surface area contributed by atoms with Gasteiger partial charge in [-0.3, -0.25) is 4.79 Å². The van der Waals surface area contributed by atoms with E-state index in [1.54, 1.807) is 13.2 Å². The lowest BCUT2D eigenvalue weighted by atomic mass is 10.1. The predicted molar refractivity (Wildman–Crippen MR) is 75.3 cm³/mol. The molecule has 0 aliphatic rings. The van der Waals surface area contributed by atoms with E-state index in [1.165, 1.54) is 0 Å². The fraction of sp³-hybridized carbons (Fsp3) is 0.500. The molecule has 5 heteroatoms. The van der Waals surface area contributed by atoms with E-state index < -0.39 is 5.91 Å². The van der Waals surface area contributed by atoms with Gasteiger partial charge in [0.15, 0.2) is 6.61 Å². The third-order valence-electron chi connectivity index (χ3n) is 2.82. The summed E-state index contributed by atoms with van der Waals surface area (Å²) in [6.45, 7) is 4.77. The first-order valence-corrected chi connectivity index (χ1v) is 6.23. The van der Waals surface area contributed by atoms with Gasteiger partial charge in [-0.25, -0.2) is 0 Å². The van der Waals surface area contributed by atoms with Gasteiger partial charge in [0, 0.05) is 25.4 Å². The molecule has 0 heterocycles. The molecule has 1 amide bonds. The maximum Gasteiger partial charge on any atom is 0.255 e. The van der Waals surface area contributed by atoms with Crippen molar-refractivity contribution in [3.8, 4) is 5.75 Å². The zero-order valence-electron chi connectivity index (χ0n) is 11.7. The van der Waals surface area contributed by atoms with Gasteiger partial charge in [0.1, 0.15) is 5.75 Å². The quantitative estimate of drug-likeness (QED) is 0.752. The van der Waals surface area contributed by atoms with Crippen LogP contribution in [0.25, 0.3) is 0 Å². The lowest BCUT2D eigenvalue weighted by Gasteiger charge is -2.23. The number of carbonyl (C=O) groups excluding carboxylic acids is 1. The highest BCUT2D eigenvalue weighted by molar-refractivity contribution is 5.75. The van der Waals surface area contributed by atoms with Crippen molar-refractivity contribution in [3.05, 3.63) is 24.3 Å². The number of benzene rings is 1. The van der Waals surface area contributed by atoms with E-state index in [1.807, 2.05) is 32.0 Å². The van der Waals surface area contributed by atoms with Crippen LogP contribution in [0.5, 0.6) is 5.75 Å². The highest BCUT2D eigenvalue weighted by Gasteiger charge is 2.15. The van der Waals surface area contributed by atoms with E-state index in [-0.39, 0.29) is 12.2 Å². The van der Waals surface area contributed by atoms with Crippen LogP contribution in [0.1, 0.15) is 20.3 Å². The average Bonchev–Trinajstić information content (AvgIpc) is 2.37. The monoisotopic (exact) mass is 266 g/mol. The Morgan fingerprint density at radius 2 is 2.16 bits per heavy atom. The number of amides is 1. The molecule has 0 spiro atoms. The van der Waals surface area contributed by atoms with Gasteiger partial charge in [-0.05, 0) is 32.4 Å². The van der Waals surface area contributed by atoms with E-state index in [2.05, 4.69) is 5.32 Å². The van der Waals surface area contributed by atoms with Crippen molar-refractivity contribution >= 4 is 11.6 Å². The minimum absolute atomic E-state index is 0.111. The van der Waals surface area contributed by atoms with Crippen molar-refractivity contribution in [3.63, 3.8) is 0 Å². The molecule has 0 unspecified atom stereocenters. The molecule has 1 aromatic carbocycles. The molecule has 1 rings (SSSR count). The van der Waals surface area contributed by atoms with Crippen LogP contribution in [0, 0.1) is 0 Å². The number of hydrogen-bond acceptors (Lipinski definition) is 4. The third kappa shape index (κ3) is 6.10. The molecule has 0 aliphatic carbocycles. The fourth-order valence-electron chi connectivity index (χ4n) is 1.46. The van der Waals surface area contributed by atoms with Gasteiger partial charge in [0.2, 0.25) is 0 Å². The Labute approximate surface area is 114 Å². The van der Waals surface area contributed by atoms with Crippen molar-refractivity contribution in [1.82, 2.24) is 0 Å². The standard InChI is InChI=1S/C14H22N2O3/c1-14(2,18-3)7-8-16-11-5-4-6-12(9-11)19-10-13(15)17/h4-6,9,16H,7-8,10H2,1-3H3,(H2,15,17). The van der Waals surface area contributed by atoms with Gasteiger partial charge in [0.25, 0.3) is 5.91 Å². The Kier molecular flexibility index (Phi) is 5.63. The van der Waals surface area contributed by atoms with Gasteiger partial charge in [0.05, 0.1) is 5.60 Å². The summed E-state index contributed by atoms with van der Waals surface area (Å²) in [7, 11) is 1.71. The Balaban J connectivity index is 2.46. The van der Waals surface area contributed by atoms with Gasteiger partial charge >= 0.3 is 0 Å². The van der Waals surface area contributed by atoms with Crippen LogP contribution >= 0.6 is 0 Å². The van der Waals surface area contributed by atoms with Gasteiger partial charge in [-0.2, -0.15) is 0 Å². The topological polar surface area (TPSA) is 73.6 Å². The summed E-state index contributed by atoms with van der Waals surface area (Å²) in [5.41, 5.74) is 5.82. The Morgan fingerprint density at radius 3 is 2.79 bits per heavy atom. The third-order valence-corrected chi connectivity index (χ3v) is 2.82. The largest absolute Gasteiger partial charge is 0.484 e. The van der Waals surface area contributed by atoms with Crippen LogP contribution in [0.2, 0.25) is 0 Å². The maximum atomic E-state index is 10.6. The summed E-state index contributed by atoms with van der Waals surface area (Å²) in [4.78, 5) is 10.6. The lowest BCUT2D eigenvalue weighted by molar-refractivity contribution is -0.119.